The summed E-state index contributed by atoms with van der Waals surface area (Å²) in [5.74, 6) is 0. The number of sulfonamides is 1. The highest BCUT2D eigenvalue weighted by atomic mass is 79.9. The lowest BCUT2D eigenvalue weighted by Crippen LogP contribution is -2.24. The molecule has 0 amide bonds. The predicted octanol–water partition coefficient (Wildman–Crippen LogP) is 3.55. The van der Waals surface area contributed by atoms with Crippen molar-refractivity contribution in [1.82, 2.24) is 4.72 Å². The van der Waals surface area contributed by atoms with Crippen molar-refractivity contribution >= 4 is 48.9 Å². The summed E-state index contributed by atoms with van der Waals surface area (Å²) >= 11 is 10.4. The second-order valence-corrected chi connectivity index (χ2v) is 9.05. The van der Waals surface area contributed by atoms with Gasteiger partial charge in [-0.1, -0.05) is 34.5 Å². The van der Waals surface area contributed by atoms with E-state index in [-0.39, 0.29) is 4.21 Å². The first kappa shape index (κ1) is 15.4. The van der Waals surface area contributed by atoms with Gasteiger partial charge < -0.3 is 0 Å². The summed E-state index contributed by atoms with van der Waals surface area (Å²) in [6.07, 6.45) is 1.75. The molecule has 0 saturated carbocycles. The van der Waals surface area contributed by atoms with Gasteiger partial charge in [-0.3, -0.25) is 0 Å². The van der Waals surface area contributed by atoms with Crippen molar-refractivity contribution < 1.29 is 8.42 Å². The molecule has 0 radical (unpaired) electrons. The van der Waals surface area contributed by atoms with Crippen LogP contribution in [-0.4, -0.2) is 19.8 Å². The number of hydrogen-bond acceptors (Lipinski definition) is 3. The molecule has 1 unspecified atom stereocenters. The Morgan fingerprint density at radius 2 is 2.24 bits per heavy atom. The van der Waals surface area contributed by atoms with Gasteiger partial charge in [0.25, 0.3) is 0 Å². The molecule has 0 aliphatic rings. The zero-order chi connectivity index (χ0) is 13.1. The summed E-state index contributed by atoms with van der Waals surface area (Å²) in [5, 5.41) is 0. The van der Waals surface area contributed by atoms with Gasteiger partial charge in [-0.25, -0.2) is 13.1 Å². The van der Waals surface area contributed by atoms with E-state index >= 15 is 0 Å². The molecule has 0 fully saturated rings. The van der Waals surface area contributed by atoms with E-state index in [4.69, 9.17) is 11.6 Å². The van der Waals surface area contributed by atoms with Gasteiger partial charge in [-0.05, 0) is 31.4 Å². The van der Waals surface area contributed by atoms with Crippen LogP contribution >= 0.6 is 38.9 Å². The molecule has 1 rings (SSSR count). The molecule has 0 saturated heterocycles. The Labute approximate surface area is 120 Å². The molecule has 0 spiro atoms. The molecule has 3 nitrogen and oxygen atoms in total. The maximum Gasteiger partial charge on any atom is 0.250 e. The summed E-state index contributed by atoms with van der Waals surface area (Å²) < 4.78 is 27.1. The Kier molecular flexibility index (Phi) is 5.92. The van der Waals surface area contributed by atoms with Crippen LogP contribution in [0.15, 0.2) is 10.3 Å². The predicted molar refractivity (Wildman–Crippen MR) is 76.9 cm³/mol. The minimum Gasteiger partial charge on any atom is -0.210 e. The molecule has 0 aliphatic carbocycles. The lowest BCUT2D eigenvalue weighted by molar-refractivity contribution is 0.579. The molecular formula is C10H15BrClNO2S2. The summed E-state index contributed by atoms with van der Waals surface area (Å²) in [6.45, 7) is 4.29. The lowest BCUT2D eigenvalue weighted by Gasteiger charge is -2.05. The largest absolute Gasteiger partial charge is 0.250 e. The summed E-state index contributed by atoms with van der Waals surface area (Å²) in [5.41, 5.74) is 0.797. The van der Waals surface area contributed by atoms with Gasteiger partial charge in [0.15, 0.2) is 0 Å². The fourth-order valence-electron chi connectivity index (χ4n) is 1.23. The van der Waals surface area contributed by atoms with Crippen LogP contribution < -0.4 is 4.72 Å². The number of alkyl halides is 1. The first-order chi connectivity index (χ1) is 7.83. The van der Waals surface area contributed by atoms with Gasteiger partial charge in [0.1, 0.15) is 4.21 Å². The number of nitrogens with one attached hydrogen (secondary N) is 1. The van der Waals surface area contributed by atoms with Gasteiger partial charge in [0.05, 0.1) is 4.34 Å². The van der Waals surface area contributed by atoms with Crippen molar-refractivity contribution in [3.05, 3.63) is 16.0 Å². The Morgan fingerprint density at radius 1 is 1.59 bits per heavy atom. The average molecular weight is 361 g/mol. The second-order valence-electron chi connectivity index (χ2n) is 3.84. The molecule has 0 bridgehead atoms. The van der Waals surface area contributed by atoms with Crippen molar-refractivity contribution in [3.63, 3.8) is 0 Å². The maximum absolute atomic E-state index is 11.9. The maximum atomic E-state index is 11.9. The fraction of sp³-hybridized carbons (Fsp3) is 0.600. The van der Waals surface area contributed by atoms with Gasteiger partial charge in [-0.2, -0.15) is 0 Å². The monoisotopic (exact) mass is 359 g/mol. The average Bonchev–Trinajstić information content (AvgIpc) is 2.55. The summed E-state index contributed by atoms with van der Waals surface area (Å²) in [6, 6.07) is 1.60. The van der Waals surface area contributed by atoms with Crippen molar-refractivity contribution in [2.24, 2.45) is 0 Å². The van der Waals surface area contributed by atoms with Crippen LogP contribution in [0.2, 0.25) is 4.34 Å². The van der Waals surface area contributed by atoms with Crippen LogP contribution in [0, 0.1) is 6.92 Å². The zero-order valence-corrected chi connectivity index (χ0v) is 13.6. The molecule has 1 heterocycles. The molecule has 1 N–H and O–H groups in total. The van der Waals surface area contributed by atoms with E-state index in [0.29, 0.717) is 15.7 Å². The molecule has 1 atom stereocenters. The highest BCUT2D eigenvalue weighted by molar-refractivity contribution is 9.09. The van der Waals surface area contributed by atoms with E-state index in [1.807, 2.05) is 6.92 Å². The van der Waals surface area contributed by atoms with Gasteiger partial charge in [-0.15, -0.1) is 11.3 Å². The highest BCUT2D eigenvalue weighted by Crippen LogP contribution is 2.29. The molecule has 0 aromatic carbocycles. The number of hydrogen-bond donors (Lipinski definition) is 1. The highest BCUT2D eigenvalue weighted by Gasteiger charge is 2.17. The van der Waals surface area contributed by atoms with E-state index in [9.17, 15) is 8.42 Å². The minimum atomic E-state index is -3.39. The normalized spacial score (nSPS) is 13.9. The van der Waals surface area contributed by atoms with E-state index in [1.54, 1.807) is 13.0 Å². The summed E-state index contributed by atoms with van der Waals surface area (Å²) in [4.78, 5) is 0.408. The van der Waals surface area contributed by atoms with E-state index < -0.39 is 10.0 Å². The van der Waals surface area contributed by atoms with Crippen molar-refractivity contribution in [2.75, 3.05) is 6.54 Å². The van der Waals surface area contributed by atoms with Crippen LogP contribution in [0.1, 0.15) is 25.3 Å². The molecule has 17 heavy (non-hydrogen) atoms. The van der Waals surface area contributed by atoms with Crippen LogP contribution in [0.3, 0.4) is 0 Å². The van der Waals surface area contributed by atoms with Crippen LogP contribution in [0.4, 0.5) is 0 Å². The number of halogens is 2. The Balaban J connectivity index is 2.57. The molecule has 0 aliphatic heterocycles. The van der Waals surface area contributed by atoms with Crippen molar-refractivity contribution in [2.45, 2.75) is 35.7 Å². The van der Waals surface area contributed by atoms with Gasteiger partial charge >= 0.3 is 0 Å². The summed E-state index contributed by atoms with van der Waals surface area (Å²) in [7, 11) is -3.39. The molecular weight excluding hydrogens is 346 g/mol. The zero-order valence-electron chi connectivity index (χ0n) is 9.66. The molecule has 1 aromatic rings. The number of aryl methyl sites for hydroxylation is 1. The molecule has 7 heteroatoms. The fourth-order valence-corrected chi connectivity index (χ4v) is 4.38. The van der Waals surface area contributed by atoms with Gasteiger partial charge in [0.2, 0.25) is 10.0 Å². The van der Waals surface area contributed by atoms with Crippen molar-refractivity contribution in [3.8, 4) is 0 Å². The molecule has 1 aromatic heterocycles. The number of rotatable bonds is 6. The van der Waals surface area contributed by atoms with E-state index in [1.165, 1.54) is 0 Å². The third kappa shape index (κ3) is 4.87. The van der Waals surface area contributed by atoms with Gasteiger partial charge in [0, 0.05) is 11.4 Å². The molecule has 98 valence electrons. The SMILES string of the molecule is Cc1cc(S(=O)(=O)NCCCC(C)Br)sc1Cl. The van der Waals surface area contributed by atoms with Crippen molar-refractivity contribution in [1.29, 1.82) is 0 Å². The Morgan fingerprint density at radius 3 is 2.71 bits per heavy atom. The number of thiophene rings is 1. The topological polar surface area (TPSA) is 46.2 Å². The first-order valence-corrected chi connectivity index (χ1v) is 8.82. The standard InChI is InChI=1S/C10H15BrClNO2S2/c1-7-6-9(16-10(7)12)17(14,15)13-5-3-4-8(2)11/h6,8,13H,3-5H2,1-2H3. The second kappa shape index (κ2) is 6.52. The lowest BCUT2D eigenvalue weighted by atomic mass is 10.2. The smallest absolute Gasteiger partial charge is 0.210 e. The first-order valence-electron chi connectivity index (χ1n) is 5.22. The Bertz CT molecular complexity index is 451. The van der Waals surface area contributed by atoms with Crippen LogP contribution in [0.25, 0.3) is 0 Å². The van der Waals surface area contributed by atoms with Crippen LogP contribution in [-0.2, 0) is 10.0 Å². The minimum absolute atomic E-state index is 0.284. The van der Waals surface area contributed by atoms with Crippen LogP contribution in [0.5, 0.6) is 0 Å². The third-order valence-electron chi connectivity index (χ3n) is 2.17. The Hall–Kier alpha value is 0.380. The van der Waals surface area contributed by atoms with E-state index in [0.717, 1.165) is 29.7 Å². The quantitative estimate of drug-likeness (QED) is 0.623. The van der Waals surface area contributed by atoms with E-state index in [2.05, 4.69) is 20.7 Å². The third-order valence-corrected chi connectivity index (χ3v) is 6.12.